The number of morpholine rings is 1. The zero-order valence-corrected chi connectivity index (χ0v) is 22.9. The molecule has 7 nitrogen and oxygen atoms in total. The number of pyridine rings is 1. The van der Waals surface area contributed by atoms with Gasteiger partial charge in [0.15, 0.2) is 0 Å². The Kier molecular flexibility index (Phi) is 8.17. The maximum Gasteiger partial charge on any atom is 0.270 e. The molecule has 37 heavy (non-hydrogen) atoms. The average Bonchev–Trinajstić information content (AvgIpc) is 3.10. The van der Waals surface area contributed by atoms with Gasteiger partial charge in [-0.25, -0.2) is 4.39 Å². The quantitative estimate of drug-likeness (QED) is 0.392. The van der Waals surface area contributed by atoms with Crippen molar-refractivity contribution in [1.29, 1.82) is 5.26 Å². The van der Waals surface area contributed by atoms with E-state index in [1.807, 2.05) is 20.8 Å². The second-order valence-corrected chi connectivity index (χ2v) is 11.0. The number of thioether (sulfide) groups is 1. The van der Waals surface area contributed by atoms with Gasteiger partial charge < -0.3 is 9.64 Å². The molecule has 0 N–H and O–H groups in total. The average molecular weight is 541 g/mol. The molecule has 0 aliphatic carbocycles. The standard InChI is InChI=1S/C27H29FN4O3S2/c1-5-10-31-24(30-13-16(2)35-17(3)14-30)21(18(4)22(12-29)25(31)33)11-23-26(34)32(27(36)37-23)15-19-6-8-20(28)9-7-19/h6-9,11,16-17H,5,10,13-15H2,1-4H3/b23-11+. The third-order valence-corrected chi connectivity index (χ3v) is 7.79. The van der Waals surface area contributed by atoms with Gasteiger partial charge in [-0.3, -0.25) is 19.1 Å². The van der Waals surface area contributed by atoms with Crippen LogP contribution in [-0.2, 0) is 22.6 Å². The number of anilines is 1. The van der Waals surface area contributed by atoms with E-state index in [0.717, 1.165) is 5.56 Å². The summed E-state index contributed by atoms with van der Waals surface area (Å²) in [5.74, 6) is 0.0774. The molecule has 2 unspecified atom stereocenters. The molecule has 2 aliphatic heterocycles. The van der Waals surface area contributed by atoms with E-state index in [9.17, 15) is 19.2 Å². The number of rotatable bonds is 6. The van der Waals surface area contributed by atoms with Gasteiger partial charge in [0.25, 0.3) is 11.5 Å². The van der Waals surface area contributed by atoms with Crippen LogP contribution in [0.25, 0.3) is 6.08 Å². The van der Waals surface area contributed by atoms with E-state index < -0.39 is 0 Å². The van der Waals surface area contributed by atoms with Crippen molar-refractivity contribution in [3.63, 3.8) is 0 Å². The lowest BCUT2D eigenvalue weighted by Gasteiger charge is -2.39. The molecule has 2 saturated heterocycles. The molecule has 0 saturated carbocycles. The van der Waals surface area contributed by atoms with Gasteiger partial charge in [-0.2, -0.15) is 5.26 Å². The molecule has 0 bridgehead atoms. The molecule has 10 heteroatoms. The Morgan fingerprint density at radius 1 is 1.22 bits per heavy atom. The fourth-order valence-electron chi connectivity index (χ4n) is 4.81. The minimum atomic E-state index is -0.348. The molecule has 194 valence electrons. The monoisotopic (exact) mass is 540 g/mol. The van der Waals surface area contributed by atoms with Crippen LogP contribution in [-0.4, -0.2) is 45.0 Å². The van der Waals surface area contributed by atoms with Crippen LogP contribution >= 0.6 is 24.0 Å². The number of nitrogens with zero attached hydrogens (tertiary/aromatic N) is 4. The Hall–Kier alpha value is -3.00. The summed E-state index contributed by atoms with van der Waals surface area (Å²) in [5.41, 5.74) is 1.69. The van der Waals surface area contributed by atoms with E-state index in [1.165, 1.54) is 28.8 Å². The largest absolute Gasteiger partial charge is 0.372 e. The highest BCUT2D eigenvalue weighted by Gasteiger charge is 2.34. The Labute approximate surface area is 225 Å². The van der Waals surface area contributed by atoms with E-state index in [-0.39, 0.29) is 41.6 Å². The maximum atomic E-state index is 13.4. The zero-order valence-electron chi connectivity index (χ0n) is 21.3. The first-order valence-electron chi connectivity index (χ1n) is 12.2. The van der Waals surface area contributed by atoms with Crippen LogP contribution in [0.1, 0.15) is 49.4 Å². The number of carbonyl (C=O) groups is 1. The molecule has 0 spiro atoms. The molecule has 1 amide bonds. The summed E-state index contributed by atoms with van der Waals surface area (Å²) >= 11 is 6.70. The van der Waals surface area contributed by atoms with Gasteiger partial charge in [-0.05, 0) is 56.5 Å². The van der Waals surface area contributed by atoms with Crippen molar-refractivity contribution in [3.05, 3.63) is 67.6 Å². The summed E-state index contributed by atoms with van der Waals surface area (Å²) in [7, 11) is 0. The van der Waals surface area contributed by atoms with Crippen LogP contribution in [0.15, 0.2) is 34.0 Å². The summed E-state index contributed by atoms with van der Waals surface area (Å²) in [6, 6.07) is 8.03. The highest BCUT2D eigenvalue weighted by atomic mass is 32.2. The van der Waals surface area contributed by atoms with E-state index >= 15 is 0 Å². The summed E-state index contributed by atoms with van der Waals surface area (Å²) in [4.78, 5) is 30.8. The number of hydrogen-bond donors (Lipinski definition) is 0. The van der Waals surface area contributed by atoms with Crippen molar-refractivity contribution in [2.45, 2.75) is 59.4 Å². The number of nitriles is 1. The summed E-state index contributed by atoms with van der Waals surface area (Å²) in [6.07, 6.45) is 2.36. The van der Waals surface area contributed by atoms with Crippen molar-refractivity contribution in [1.82, 2.24) is 9.47 Å². The van der Waals surface area contributed by atoms with E-state index in [1.54, 1.807) is 29.7 Å². The lowest BCUT2D eigenvalue weighted by Crippen LogP contribution is -2.48. The van der Waals surface area contributed by atoms with Gasteiger partial charge in [0, 0.05) is 25.2 Å². The van der Waals surface area contributed by atoms with Crippen LogP contribution in [0.5, 0.6) is 0 Å². The highest BCUT2D eigenvalue weighted by molar-refractivity contribution is 8.26. The van der Waals surface area contributed by atoms with Crippen LogP contribution in [0.4, 0.5) is 10.2 Å². The number of carbonyl (C=O) groups excluding carboxylic acids is 1. The van der Waals surface area contributed by atoms with Crippen molar-refractivity contribution >= 4 is 46.1 Å². The molecular weight excluding hydrogens is 511 g/mol. The molecule has 1 aromatic carbocycles. The number of benzene rings is 1. The Balaban J connectivity index is 1.83. The van der Waals surface area contributed by atoms with E-state index in [0.29, 0.717) is 52.2 Å². The van der Waals surface area contributed by atoms with Gasteiger partial charge in [0.2, 0.25) is 0 Å². The number of ether oxygens (including phenoxy) is 1. The molecular formula is C27H29FN4O3S2. The van der Waals surface area contributed by atoms with Crippen LogP contribution in [0, 0.1) is 24.1 Å². The summed E-state index contributed by atoms with van der Waals surface area (Å²) in [6.45, 7) is 9.52. The molecule has 0 radical (unpaired) electrons. The van der Waals surface area contributed by atoms with Crippen LogP contribution < -0.4 is 10.5 Å². The fourth-order valence-corrected chi connectivity index (χ4v) is 6.04. The fraction of sp³-hybridized carbons (Fsp3) is 0.407. The Morgan fingerprint density at radius 3 is 2.46 bits per heavy atom. The molecule has 3 heterocycles. The predicted octanol–water partition coefficient (Wildman–Crippen LogP) is 4.59. The van der Waals surface area contributed by atoms with Gasteiger partial charge >= 0.3 is 0 Å². The third-order valence-electron chi connectivity index (χ3n) is 6.42. The molecule has 1 aromatic heterocycles. The van der Waals surface area contributed by atoms with Gasteiger partial charge in [0.05, 0.1) is 23.7 Å². The first-order valence-corrected chi connectivity index (χ1v) is 13.4. The Bertz CT molecular complexity index is 1350. The van der Waals surface area contributed by atoms with Crippen molar-refractivity contribution < 1.29 is 13.9 Å². The molecule has 2 fully saturated rings. The zero-order chi connectivity index (χ0) is 26.9. The smallest absolute Gasteiger partial charge is 0.270 e. The summed E-state index contributed by atoms with van der Waals surface area (Å²) in [5, 5.41) is 9.84. The predicted molar refractivity (Wildman–Crippen MR) is 148 cm³/mol. The molecule has 4 rings (SSSR count). The van der Waals surface area contributed by atoms with Crippen molar-refractivity contribution in [3.8, 4) is 6.07 Å². The minimum absolute atomic E-state index is 0.0494. The molecule has 2 aliphatic rings. The SMILES string of the molecule is CCCn1c(N2CC(C)OC(C)C2)c(/C=C2/SC(=S)N(Cc3ccc(F)cc3)C2=O)c(C)c(C#N)c1=O. The first kappa shape index (κ1) is 27.0. The van der Waals surface area contributed by atoms with E-state index in [4.69, 9.17) is 17.0 Å². The van der Waals surface area contributed by atoms with E-state index in [2.05, 4.69) is 11.0 Å². The lowest BCUT2D eigenvalue weighted by molar-refractivity contribution is -0.122. The number of hydrogen-bond acceptors (Lipinski definition) is 7. The highest BCUT2D eigenvalue weighted by Crippen LogP contribution is 2.37. The second kappa shape index (κ2) is 11.2. The molecule has 2 atom stereocenters. The van der Waals surface area contributed by atoms with Crippen LogP contribution in [0.2, 0.25) is 0 Å². The van der Waals surface area contributed by atoms with Crippen molar-refractivity contribution in [2.24, 2.45) is 0 Å². The Morgan fingerprint density at radius 2 is 1.86 bits per heavy atom. The van der Waals surface area contributed by atoms with Crippen molar-refractivity contribution in [2.75, 3.05) is 18.0 Å². The number of thiocarbonyl (C=S) groups is 1. The van der Waals surface area contributed by atoms with Crippen LogP contribution in [0.3, 0.4) is 0 Å². The maximum absolute atomic E-state index is 13.4. The van der Waals surface area contributed by atoms with Gasteiger partial charge in [-0.1, -0.05) is 43.0 Å². The number of halogens is 1. The summed E-state index contributed by atoms with van der Waals surface area (Å²) < 4.78 is 21.3. The lowest BCUT2D eigenvalue weighted by atomic mass is 10.0. The first-order chi connectivity index (χ1) is 17.6. The van der Waals surface area contributed by atoms with Gasteiger partial charge in [-0.15, -0.1) is 0 Å². The number of amides is 1. The normalized spacial score (nSPS) is 21.1. The minimum Gasteiger partial charge on any atom is -0.372 e. The van der Waals surface area contributed by atoms with Gasteiger partial charge in [0.1, 0.15) is 27.6 Å². The second-order valence-electron chi connectivity index (χ2n) is 9.36. The third kappa shape index (κ3) is 5.49. The number of aromatic nitrogens is 1. The molecule has 2 aromatic rings. The topological polar surface area (TPSA) is 78.6 Å².